The Morgan fingerprint density at radius 2 is 2.00 bits per heavy atom. The quantitative estimate of drug-likeness (QED) is 0.799. The van der Waals surface area contributed by atoms with Crippen LogP contribution in [0.2, 0.25) is 0 Å². The average molecular weight is 301 g/mol. The molecule has 116 valence electrons. The van der Waals surface area contributed by atoms with Crippen molar-refractivity contribution in [2.75, 3.05) is 12.8 Å². The van der Waals surface area contributed by atoms with E-state index in [2.05, 4.69) is 24.3 Å². The van der Waals surface area contributed by atoms with Crippen molar-refractivity contribution in [3.63, 3.8) is 0 Å². The molecule has 1 atom stereocenters. The highest BCUT2D eigenvalue weighted by molar-refractivity contribution is 7.92. The van der Waals surface area contributed by atoms with Gasteiger partial charge in [0.2, 0.25) is 0 Å². The SMILES string of the molecule is CCCNC(c1ccnn1CCC)C(C)(C)S(C)(=O)=O. The minimum atomic E-state index is -3.19. The maximum Gasteiger partial charge on any atom is 0.154 e. The van der Waals surface area contributed by atoms with Gasteiger partial charge in [0, 0.05) is 19.0 Å². The Hall–Kier alpha value is -0.880. The normalized spacial score (nSPS) is 14.4. The highest BCUT2D eigenvalue weighted by Crippen LogP contribution is 2.32. The second kappa shape index (κ2) is 6.72. The van der Waals surface area contributed by atoms with Crippen molar-refractivity contribution >= 4 is 9.84 Å². The molecule has 1 heterocycles. The van der Waals surface area contributed by atoms with Gasteiger partial charge in [0.05, 0.1) is 16.5 Å². The first kappa shape index (κ1) is 17.2. The number of aromatic nitrogens is 2. The third-order valence-corrected chi connectivity index (χ3v) is 5.88. The first-order valence-electron chi connectivity index (χ1n) is 7.20. The van der Waals surface area contributed by atoms with Gasteiger partial charge in [-0.15, -0.1) is 0 Å². The van der Waals surface area contributed by atoms with E-state index in [4.69, 9.17) is 0 Å². The molecule has 0 aliphatic heterocycles. The zero-order valence-electron chi connectivity index (χ0n) is 13.2. The van der Waals surface area contributed by atoms with Crippen molar-refractivity contribution in [1.29, 1.82) is 0 Å². The molecule has 0 radical (unpaired) electrons. The van der Waals surface area contributed by atoms with Crippen molar-refractivity contribution in [2.45, 2.75) is 57.9 Å². The summed E-state index contributed by atoms with van der Waals surface area (Å²) in [5, 5.41) is 7.69. The van der Waals surface area contributed by atoms with E-state index < -0.39 is 14.6 Å². The summed E-state index contributed by atoms with van der Waals surface area (Å²) in [5.74, 6) is 0. The molecule has 5 nitrogen and oxygen atoms in total. The molecule has 0 amide bonds. The predicted octanol–water partition coefficient (Wildman–Crippen LogP) is 2.16. The Morgan fingerprint density at radius 1 is 1.35 bits per heavy atom. The van der Waals surface area contributed by atoms with Crippen LogP contribution in [0.1, 0.15) is 52.3 Å². The lowest BCUT2D eigenvalue weighted by Gasteiger charge is -2.34. The van der Waals surface area contributed by atoms with E-state index >= 15 is 0 Å². The third kappa shape index (κ3) is 3.61. The minimum absolute atomic E-state index is 0.258. The Balaban J connectivity index is 3.21. The number of hydrogen-bond acceptors (Lipinski definition) is 4. The van der Waals surface area contributed by atoms with Gasteiger partial charge in [0.1, 0.15) is 0 Å². The molecule has 6 heteroatoms. The van der Waals surface area contributed by atoms with Crippen LogP contribution < -0.4 is 5.32 Å². The van der Waals surface area contributed by atoms with Crippen LogP contribution in [0, 0.1) is 0 Å². The third-order valence-electron chi connectivity index (χ3n) is 3.73. The average Bonchev–Trinajstić information content (AvgIpc) is 2.77. The molecule has 1 rings (SSSR count). The minimum Gasteiger partial charge on any atom is -0.307 e. The summed E-state index contributed by atoms with van der Waals surface area (Å²) in [6.45, 7) is 9.29. The maximum atomic E-state index is 12.2. The molecule has 0 spiro atoms. The van der Waals surface area contributed by atoms with Gasteiger partial charge in [-0.25, -0.2) is 8.42 Å². The van der Waals surface area contributed by atoms with Gasteiger partial charge in [-0.05, 0) is 39.3 Å². The van der Waals surface area contributed by atoms with Crippen LogP contribution in [0.25, 0.3) is 0 Å². The highest BCUT2D eigenvalue weighted by atomic mass is 32.2. The molecule has 0 aliphatic rings. The lowest BCUT2D eigenvalue weighted by Crippen LogP contribution is -2.46. The van der Waals surface area contributed by atoms with E-state index in [1.165, 1.54) is 6.26 Å². The fourth-order valence-corrected chi connectivity index (χ4v) is 2.83. The van der Waals surface area contributed by atoms with Crippen LogP contribution in [0.3, 0.4) is 0 Å². The summed E-state index contributed by atoms with van der Waals surface area (Å²) in [4.78, 5) is 0. The van der Waals surface area contributed by atoms with E-state index in [0.29, 0.717) is 0 Å². The number of aryl methyl sites for hydroxylation is 1. The van der Waals surface area contributed by atoms with Gasteiger partial charge >= 0.3 is 0 Å². The van der Waals surface area contributed by atoms with E-state index in [1.807, 2.05) is 10.7 Å². The summed E-state index contributed by atoms with van der Waals surface area (Å²) in [7, 11) is -3.19. The molecule has 0 saturated heterocycles. The smallest absolute Gasteiger partial charge is 0.154 e. The molecule has 1 aromatic heterocycles. The summed E-state index contributed by atoms with van der Waals surface area (Å²) in [5.41, 5.74) is 0.940. The van der Waals surface area contributed by atoms with Gasteiger partial charge in [-0.1, -0.05) is 13.8 Å². The summed E-state index contributed by atoms with van der Waals surface area (Å²) in [6.07, 6.45) is 4.96. The molecule has 20 heavy (non-hydrogen) atoms. The summed E-state index contributed by atoms with van der Waals surface area (Å²) >= 11 is 0. The fourth-order valence-electron chi connectivity index (χ4n) is 2.20. The largest absolute Gasteiger partial charge is 0.307 e. The molecule has 0 aliphatic carbocycles. The topological polar surface area (TPSA) is 64.0 Å². The van der Waals surface area contributed by atoms with Crippen LogP contribution in [-0.4, -0.2) is 35.7 Å². The van der Waals surface area contributed by atoms with Crippen LogP contribution >= 0.6 is 0 Å². The summed E-state index contributed by atoms with van der Waals surface area (Å²) in [6, 6.07) is 1.65. The molecule has 0 saturated carbocycles. The molecule has 0 bridgehead atoms. The number of rotatable bonds is 8. The van der Waals surface area contributed by atoms with Crippen molar-refractivity contribution in [3.8, 4) is 0 Å². The van der Waals surface area contributed by atoms with Crippen molar-refractivity contribution in [3.05, 3.63) is 18.0 Å². The second-order valence-electron chi connectivity index (χ2n) is 5.74. The molecule has 0 fully saturated rings. The molecular weight excluding hydrogens is 274 g/mol. The predicted molar refractivity (Wildman–Crippen MR) is 82.5 cm³/mol. The van der Waals surface area contributed by atoms with Gasteiger partial charge in [-0.2, -0.15) is 5.10 Å². The Labute approximate surface area is 122 Å². The Morgan fingerprint density at radius 3 is 2.50 bits per heavy atom. The molecule has 1 N–H and O–H groups in total. The summed E-state index contributed by atoms with van der Waals surface area (Å²) < 4.78 is 25.3. The first-order valence-corrected chi connectivity index (χ1v) is 9.09. The van der Waals surface area contributed by atoms with Crippen molar-refractivity contribution < 1.29 is 8.42 Å². The second-order valence-corrected chi connectivity index (χ2v) is 8.34. The number of nitrogens with one attached hydrogen (secondary N) is 1. The molecule has 1 aromatic rings. The van der Waals surface area contributed by atoms with Gasteiger partial charge in [0.15, 0.2) is 9.84 Å². The standard InChI is InChI=1S/C14H27N3O2S/c1-6-9-15-13(14(3,4)20(5,18)19)12-8-10-16-17(12)11-7-2/h8,10,13,15H,6-7,9,11H2,1-5H3. The Kier molecular flexibility index (Phi) is 5.77. The van der Waals surface area contributed by atoms with Gasteiger partial charge in [-0.3, -0.25) is 4.68 Å². The number of sulfone groups is 1. The van der Waals surface area contributed by atoms with Crippen molar-refractivity contribution in [2.24, 2.45) is 0 Å². The van der Waals surface area contributed by atoms with Crippen molar-refractivity contribution in [1.82, 2.24) is 15.1 Å². The molecule has 1 unspecified atom stereocenters. The van der Waals surface area contributed by atoms with E-state index in [0.717, 1.165) is 31.6 Å². The zero-order valence-corrected chi connectivity index (χ0v) is 14.0. The lowest BCUT2D eigenvalue weighted by molar-refractivity contribution is 0.390. The van der Waals surface area contributed by atoms with E-state index in [-0.39, 0.29) is 6.04 Å². The van der Waals surface area contributed by atoms with Crippen LogP contribution in [0.15, 0.2) is 12.3 Å². The zero-order chi connectivity index (χ0) is 15.4. The van der Waals surface area contributed by atoms with Crippen LogP contribution in [-0.2, 0) is 16.4 Å². The number of hydrogen-bond donors (Lipinski definition) is 1. The monoisotopic (exact) mass is 301 g/mol. The molecule has 0 aromatic carbocycles. The van der Waals surface area contributed by atoms with E-state index in [9.17, 15) is 8.42 Å². The van der Waals surface area contributed by atoms with E-state index in [1.54, 1.807) is 20.0 Å². The highest BCUT2D eigenvalue weighted by Gasteiger charge is 2.41. The number of nitrogens with zero attached hydrogens (tertiary/aromatic N) is 2. The lowest BCUT2D eigenvalue weighted by atomic mass is 9.99. The molecular formula is C14H27N3O2S. The fraction of sp³-hybridized carbons (Fsp3) is 0.786. The van der Waals surface area contributed by atoms with Gasteiger partial charge in [0.25, 0.3) is 0 Å². The first-order chi connectivity index (χ1) is 9.25. The maximum absolute atomic E-state index is 12.2. The van der Waals surface area contributed by atoms with Crippen LogP contribution in [0.4, 0.5) is 0 Å². The Bertz CT molecular complexity index is 520. The van der Waals surface area contributed by atoms with Crippen LogP contribution in [0.5, 0.6) is 0 Å². The van der Waals surface area contributed by atoms with Gasteiger partial charge < -0.3 is 5.32 Å².